The van der Waals surface area contributed by atoms with Crippen LogP contribution in [0.5, 0.6) is 0 Å². The summed E-state index contributed by atoms with van der Waals surface area (Å²) in [7, 11) is 0. The minimum absolute atomic E-state index is 0.406. The van der Waals surface area contributed by atoms with Crippen molar-refractivity contribution in [3.8, 4) is 0 Å². The quantitative estimate of drug-likeness (QED) is 0.542. The molecule has 0 radical (unpaired) electrons. The lowest BCUT2D eigenvalue weighted by molar-refractivity contribution is 0.705. The standard InChI is InChI=1S/C16H16Br3N/c1-11(7-8-12-5-3-2-4-6-12)20-16-14(18)9-13(17)10-15(16)19/h2-6,9-11,20H,7-8H2,1H3. The SMILES string of the molecule is CC(CCc1ccccc1)Nc1c(Br)cc(Br)cc1Br. The Morgan fingerprint density at radius 2 is 1.60 bits per heavy atom. The van der Waals surface area contributed by atoms with E-state index in [1.54, 1.807) is 0 Å². The van der Waals surface area contributed by atoms with Crippen LogP contribution in [-0.4, -0.2) is 6.04 Å². The third-order valence-corrected chi connectivity index (χ3v) is 4.82. The Hall–Kier alpha value is -0.320. The van der Waals surface area contributed by atoms with Crippen LogP contribution in [0.15, 0.2) is 55.9 Å². The summed E-state index contributed by atoms with van der Waals surface area (Å²) in [5.41, 5.74) is 2.49. The highest BCUT2D eigenvalue weighted by molar-refractivity contribution is 9.11. The molecule has 2 aromatic rings. The number of anilines is 1. The second-order valence-corrected chi connectivity index (χ2v) is 7.44. The summed E-state index contributed by atoms with van der Waals surface area (Å²) in [6.07, 6.45) is 2.18. The van der Waals surface area contributed by atoms with Crippen LogP contribution in [0.1, 0.15) is 18.9 Å². The average molecular weight is 462 g/mol. The molecule has 20 heavy (non-hydrogen) atoms. The monoisotopic (exact) mass is 459 g/mol. The molecule has 2 rings (SSSR count). The van der Waals surface area contributed by atoms with Crippen molar-refractivity contribution in [2.45, 2.75) is 25.8 Å². The maximum atomic E-state index is 3.60. The van der Waals surface area contributed by atoms with Gasteiger partial charge in [0.25, 0.3) is 0 Å². The van der Waals surface area contributed by atoms with Gasteiger partial charge in [0.15, 0.2) is 0 Å². The molecule has 0 heterocycles. The molecular formula is C16H16Br3N. The molecule has 1 atom stereocenters. The molecular weight excluding hydrogens is 446 g/mol. The van der Waals surface area contributed by atoms with Gasteiger partial charge >= 0.3 is 0 Å². The van der Waals surface area contributed by atoms with E-state index >= 15 is 0 Å². The number of aryl methyl sites for hydroxylation is 1. The van der Waals surface area contributed by atoms with Crippen molar-refractivity contribution < 1.29 is 0 Å². The lowest BCUT2D eigenvalue weighted by atomic mass is 10.1. The van der Waals surface area contributed by atoms with Gasteiger partial charge in [-0.25, -0.2) is 0 Å². The first-order valence-corrected chi connectivity index (χ1v) is 8.89. The van der Waals surface area contributed by atoms with Gasteiger partial charge in [-0.15, -0.1) is 0 Å². The van der Waals surface area contributed by atoms with Gasteiger partial charge in [0.1, 0.15) is 0 Å². The summed E-state index contributed by atoms with van der Waals surface area (Å²) < 4.78 is 3.18. The highest BCUT2D eigenvalue weighted by Gasteiger charge is 2.10. The van der Waals surface area contributed by atoms with E-state index in [0.717, 1.165) is 31.9 Å². The fourth-order valence-electron chi connectivity index (χ4n) is 2.03. The number of rotatable bonds is 5. The number of halogens is 3. The zero-order valence-corrected chi connectivity index (χ0v) is 15.9. The van der Waals surface area contributed by atoms with Gasteiger partial charge < -0.3 is 5.32 Å². The van der Waals surface area contributed by atoms with E-state index in [2.05, 4.69) is 102 Å². The fraction of sp³-hybridized carbons (Fsp3) is 0.250. The lowest BCUT2D eigenvalue weighted by Gasteiger charge is -2.18. The first-order valence-electron chi connectivity index (χ1n) is 6.51. The molecule has 0 bridgehead atoms. The minimum Gasteiger partial charge on any atom is -0.381 e. The van der Waals surface area contributed by atoms with E-state index in [-0.39, 0.29) is 0 Å². The van der Waals surface area contributed by atoms with Crippen molar-refractivity contribution >= 4 is 53.5 Å². The number of benzene rings is 2. The first-order chi connectivity index (χ1) is 9.56. The van der Waals surface area contributed by atoms with E-state index in [1.807, 2.05) is 0 Å². The lowest BCUT2D eigenvalue weighted by Crippen LogP contribution is -2.16. The molecule has 4 heteroatoms. The molecule has 0 amide bonds. The van der Waals surface area contributed by atoms with Crippen LogP contribution in [0.4, 0.5) is 5.69 Å². The Morgan fingerprint density at radius 3 is 2.20 bits per heavy atom. The largest absolute Gasteiger partial charge is 0.381 e. The topological polar surface area (TPSA) is 12.0 Å². The molecule has 0 fully saturated rings. The summed E-state index contributed by atoms with van der Waals surface area (Å²) in [6.45, 7) is 2.21. The molecule has 0 aliphatic carbocycles. The summed E-state index contributed by atoms with van der Waals surface area (Å²) >= 11 is 10.7. The van der Waals surface area contributed by atoms with Crippen molar-refractivity contribution in [2.75, 3.05) is 5.32 Å². The second-order valence-electron chi connectivity index (χ2n) is 4.81. The van der Waals surface area contributed by atoms with Crippen LogP contribution in [0.25, 0.3) is 0 Å². The highest BCUT2D eigenvalue weighted by Crippen LogP contribution is 2.35. The maximum absolute atomic E-state index is 3.60. The molecule has 0 saturated heterocycles. The van der Waals surface area contributed by atoms with Crippen molar-refractivity contribution in [1.82, 2.24) is 0 Å². The van der Waals surface area contributed by atoms with Crippen LogP contribution >= 0.6 is 47.8 Å². The van der Waals surface area contributed by atoms with Gasteiger partial charge in [0, 0.05) is 19.5 Å². The van der Waals surface area contributed by atoms with Gasteiger partial charge in [-0.05, 0) is 69.3 Å². The molecule has 1 N–H and O–H groups in total. The number of hydrogen-bond donors (Lipinski definition) is 1. The maximum Gasteiger partial charge on any atom is 0.0631 e. The van der Waals surface area contributed by atoms with Crippen molar-refractivity contribution in [3.63, 3.8) is 0 Å². The Labute approximate surface area is 145 Å². The van der Waals surface area contributed by atoms with Crippen LogP contribution in [0.2, 0.25) is 0 Å². The molecule has 0 saturated carbocycles. The predicted octanol–water partition coefficient (Wildman–Crippen LogP) is 6.41. The molecule has 1 unspecified atom stereocenters. The van der Waals surface area contributed by atoms with Crippen LogP contribution < -0.4 is 5.32 Å². The molecule has 0 aromatic heterocycles. The summed E-state index contributed by atoms with van der Waals surface area (Å²) in [5.74, 6) is 0. The van der Waals surface area contributed by atoms with Gasteiger partial charge in [-0.3, -0.25) is 0 Å². The first kappa shape index (κ1) is 16.1. The Balaban J connectivity index is 1.96. The molecule has 2 aromatic carbocycles. The number of hydrogen-bond acceptors (Lipinski definition) is 1. The Morgan fingerprint density at radius 1 is 1.00 bits per heavy atom. The highest BCUT2D eigenvalue weighted by atomic mass is 79.9. The molecule has 106 valence electrons. The van der Waals surface area contributed by atoms with Crippen LogP contribution in [0.3, 0.4) is 0 Å². The van der Waals surface area contributed by atoms with E-state index in [4.69, 9.17) is 0 Å². The van der Waals surface area contributed by atoms with E-state index in [1.165, 1.54) is 5.56 Å². The zero-order valence-electron chi connectivity index (χ0n) is 11.2. The van der Waals surface area contributed by atoms with E-state index in [9.17, 15) is 0 Å². The third-order valence-electron chi connectivity index (χ3n) is 3.11. The molecule has 0 aliphatic rings. The van der Waals surface area contributed by atoms with E-state index < -0.39 is 0 Å². The minimum atomic E-state index is 0.406. The Bertz CT molecular complexity index is 546. The summed E-state index contributed by atoms with van der Waals surface area (Å²) in [6, 6.07) is 15.1. The smallest absolute Gasteiger partial charge is 0.0631 e. The van der Waals surface area contributed by atoms with Gasteiger partial charge in [0.05, 0.1) is 5.69 Å². The summed E-state index contributed by atoms with van der Waals surface area (Å²) in [5, 5.41) is 3.56. The predicted molar refractivity (Wildman–Crippen MR) is 97.4 cm³/mol. The molecule has 0 aliphatic heterocycles. The van der Waals surface area contributed by atoms with Crippen LogP contribution in [0, 0.1) is 0 Å². The summed E-state index contributed by atoms with van der Waals surface area (Å²) in [4.78, 5) is 0. The Kier molecular flexibility index (Phi) is 6.12. The van der Waals surface area contributed by atoms with E-state index in [0.29, 0.717) is 6.04 Å². The van der Waals surface area contributed by atoms with Crippen LogP contribution in [-0.2, 0) is 6.42 Å². The molecule has 0 spiro atoms. The third kappa shape index (κ3) is 4.61. The van der Waals surface area contributed by atoms with Crippen molar-refractivity contribution in [2.24, 2.45) is 0 Å². The normalized spacial score (nSPS) is 12.2. The second kappa shape index (κ2) is 7.62. The average Bonchev–Trinajstić information content (AvgIpc) is 2.42. The van der Waals surface area contributed by atoms with Crippen molar-refractivity contribution in [3.05, 3.63) is 61.4 Å². The van der Waals surface area contributed by atoms with Crippen molar-refractivity contribution in [1.29, 1.82) is 0 Å². The van der Waals surface area contributed by atoms with Gasteiger partial charge in [0.2, 0.25) is 0 Å². The van der Waals surface area contributed by atoms with Gasteiger partial charge in [-0.2, -0.15) is 0 Å². The zero-order chi connectivity index (χ0) is 14.5. The molecule has 1 nitrogen and oxygen atoms in total. The number of nitrogens with one attached hydrogen (secondary N) is 1. The van der Waals surface area contributed by atoms with Gasteiger partial charge in [-0.1, -0.05) is 46.3 Å². The fourth-order valence-corrected chi connectivity index (χ4v) is 4.51.